The Morgan fingerprint density at radius 1 is 1.10 bits per heavy atom. The van der Waals surface area contributed by atoms with Crippen LogP contribution in [-0.4, -0.2) is 11.1 Å². The maximum atomic E-state index is 10.9. The van der Waals surface area contributed by atoms with Crippen molar-refractivity contribution >= 4 is 29.2 Å². The fourth-order valence-corrected chi connectivity index (χ4v) is 2.17. The van der Waals surface area contributed by atoms with Crippen molar-refractivity contribution < 1.29 is 14.6 Å². The molecule has 0 aliphatic rings. The van der Waals surface area contributed by atoms with Gasteiger partial charge in [0.15, 0.2) is 0 Å². The summed E-state index contributed by atoms with van der Waals surface area (Å²) in [6.07, 6.45) is 0. The summed E-state index contributed by atoms with van der Waals surface area (Å²) >= 11 is 11.8. The van der Waals surface area contributed by atoms with Gasteiger partial charge in [0, 0.05) is 10.0 Å². The Labute approximate surface area is 126 Å². The summed E-state index contributed by atoms with van der Waals surface area (Å²) in [5.74, 6) is -0.951. The van der Waals surface area contributed by atoms with E-state index in [1.165, 1.54) is 0 Å². The molecule has 2 rings (SSSR count). The molecule has 0 amide bonds. The molecular weight excluding hydrogens is 299 g/mol. The summed E-state index contributed by atoms with van der Waals surface area (Å²) in [6.45, 7) is 0.660. The molecule has 0 radical (unpaired) electrons. The highest BCUT2D eigenvalue weighted by Crippen LogP contribution is 2.22. The Balaban J connectivity index is 1.96. The van der Waals surface area contributed by atoms with E-state index in [0.717, 1.165) is 11.1 Å². The van der Waals surface area contributed by atoms with Crippen LogP contribution >= 0.6 is 23.2 Å². The molecule has 0 atom stereocenters. The van der Waals surface area contributed by atoms with Crippen LogP contribution in [0.25, 0.3) is 0 Å². The Kier molecular flexibility index (Phi) is 5.01. The summed E-state index contributed by atoms with van der Waals surface area (Å²) in [6, 6.07) is 11.9. The molecule has 2 aromatic carbocycles. The number of carboxylic acids is 1. The predicted molar refractivity (Wildman–Crippen MR) is 78.4 cm³/mol. The van der Waals surface area contributed by atoms with E-state index in [9.17, 15) is 4.79 Å². The quantitative estimate of drug-likeness (QED) is 0.889. The number of ether oxygens (including phenoxy) is 1. The second-order valence-electron chi connectivity index (χ2n) is 4.23. The van der Waals surface area contributed by atoms with Crippen LogP contribution in [0.2, 0.25) is 10.0 Å². The van der Waals surface area contributed by atoms with Gasteiger partial charge in [0.25, 0.3) is 0 Å². The fraction of sp³-hybridized carbons (Fsp3) is 0.133. The monoisotopic (exact) mass is 310 g/mol. The van der Waals surface area contributed by atoms with E-state index in [4.69, 9.17) is 33.0 Å². The third kappa shape index (κ3) is 3.97. The lowest BCUT2D eigenvalue weighted by Crippen LogP contribution is -1.99. The van der Waals surface area contributed by atoms with Crippen molar-refractivity contribution in [2.45, 2.75) is 13.2 Å². The van der Waals surface area contributed by atoms with E-state index in [-0.39, 0.29) is 5.56 Å². The third-order valence-electron chi connectivity index (χ3n) is 2.72. The molecule has 0 aromatic heterocycles. The molecule has 0 aliphatic heterocycles. The van der Waals surface area contributed by atoms with Crippen molar-refractivity contribution in [1.29, 1.82) is 0 Å². The van der Waals surface area contributed by atoms with E-state index in [2.05, 4.69) is 0 Å². The number of aromatic carboxylic acids is 1. The number of carbonyl (C=O) groups is 1. The molecule has 0 spiro atoms. The topological polar surface area (TPSA) is 46.5 Å². The van der Waals surface area contributed by atoms with Crippen LogP contribution in [0.4, 0.5) is 0 Å². The zero-order valence-corrected chi connectivity index (χ0v) is 12.0. The van der Waals surface area contributed by atoms with Crippen molar-refractivity contribution in [3.63, 3.8) is 0 Å². The zero-order valence-electron chi connectivity index (χ0n) is 10.5. The van der Waals surface area contributed by atoms with Gasteiger partial charge < -0.3 is 9.84 Å². The predicted octanol–water partition coefficient (Wildman–Crippen LogP) is 4.41. The minimum atomic E-state index is -0.951. The molecule has 0 unspecified atom stereocenters. The van der Waals surface area contributed by atoms with Crippen molar-refractivity contribution in [2.75, 3.05) is 0 Å². The summed E-state index contributed by atoms with van der Waals surface area (Å²) < 4.78 is 5.54. The number of rotatable bonds is 5. The Morgan fingerprint density at radius 3 is 2.60 bits per heavy atom. The first-order chi connectivity index (χ1) is 9.56. The molecule has 0 bridgehead atoms. The second kappa shape index (κ2) is 6.75. The molecular formula is C15H12Cl2O3. The van der Waals surface area contributed by atoms with Gasteiger partial charge in [-0.1, -0.05) is 41.4 Å². The minimum absolute atomic E-state index is 0.246. The molecule has 2 aromatic rings. The van der Waals surface area contributed by atoms with Gasteiger partial charge in [0.1, 0.15) is 0 Å². The first-order valence-corrected chi connectivity index (χ1v) is 6.66. The fourth-order valence-electron chi connectivity index (χ4n) is 1.71. The highest BCUT2D eigenvalue weighted by atomic mass is 35.5. The van der Waals surface area contributed by atoms with Crippen LogP contribution in [0.1, 0.15) is 21.5 Å². The van der Waals surface area contributed by atoms with Gasteiger partial charge in [-0.05, 0) is 35.4 Å². The molecule has 0 heterocycles. The second-order valence-corrected chi connectivity index (χ2v) is 5.08. The van der Waals surface area contributed by atoms with E-state index in [1.54, 1.807) is 36.4 Å². The highest BCUT2D eigenvalue weighted by molar-refractivity contribution is 6.35. The van der Waals surface area contributed by atoms with Crippen LogP contribution in [0.5, 0.6) is 0 Å². The van der Waals surface area contributed by atoms with Crippen molar-refractivity contribution in [2.24, 2.45) is 0 Å². The van der Waals surface area contributed by atoms with Gasteiger partial charge in [0.05, 0.1) is 18.8 Å². The molecule has 1 N–H and O–H groups in total. The first kappa shape index (κ1) is 14.9. The molecule has 104 valence electrons. The maximum Gasteiger partial charge on any atom is 0.335 e. The van der Waals surface area contributed by atoms with Crippen molar-refractivity contribution in [1.82, 2.24) is 0 Å². The lowest BCUT2D eigenvalue weighted by molar-refractivity contribution is 0.0696. The molecule has 0 aliphatic carbocycles. The smallest absolute Gasteiger partial charge is 0.335 e. The molecule has 0 fully saturated rings. The van der Waals surface area contributed by atoms with Crippen LogP contribution in [0, 0.1) is 0 Å². The van der Waals surface area contributed by atoms with Crippen molar-refractivity contribution in [3.8, 4) is 0 Å². The average molecular weight is 311 g/mol. The van der Waals surface area contributed by atoms with Crippen molar-refractivity contribution in [3.05, 3.63) is 69.2 Å². The highest BCUT2D eigenvalue weighted by Gasteiger charge is 2.04. The first-order valence-electron chi connectivity index (χ1n) is 5.90. The van der Waals surface area contributed by atoms with Gasteiger partial charge in [-0.15, -0.1) is 0 Å². The van der Waals surface area contributed by atoms with E-state index >= 15 is 0 Å². The van der Waals surface area contributed by atoms with Crippen LogP contribution in [0.15, 0.2) is 42.5 Å². The molecule has 3 nitrogen and oxygen atoms in total. The number of benzene rings is 2. The lowest BCUT2D eigenvalue weighted by atomic mass is 10.1. The van der Waals surface area contributed by atoms with Gasteiger partial charge in [-0.25, -0.2) is 4.79 Å². The molecule has 0 saturated heterocycles. The number of carboxylic acid groups (broad SMARTS) is 1. The Hall–Kier alpha value is -1.55. The van der Waals surface area contributed by atoms with E-state index < -0.39 is 5.97 Å². The number of hydrogen-bond donors (Lipinski definition) is 1. The standard InChI is InChI=1S/C15H12Cl2O3/c16-13-5-4-12(14(17)7-13)9-20-8-10-2-1-3-11(6-10)15(18)19/h1-7H,8-9H2,(H,18,19). The summed E-state index contributed by atoms with van der Waals surface area (Å²) in [5.41, 5.74) is 1.89. The largest absolute Gasteiger partial charge is 0.478 e. The Morgan fingerprint density at radius 2 is 1.90 bits per heavy atom. The third-order valence-corrected chi connectivity index (χ3v) is 3.30. The Bertz CT molecular complexity index is 626. The van der Waals surface area contributed by atoms with Gasteiger partial charge in [-0.3, -0.25) is 0 Å². The molecule has 0 saturated carbocycles. The van der Waals surface area contributed by atoms with E-state index in [0.29, 0.717) is 23.3 Å². The maximum absolute atomic E-state index is 10.9. The van der Waals surface area contributed by atoms with E-state index in [1.807, 2.05) is 6.07 Å². The van der Waals surface area contributed by atoms with Gasteiger partial charge in [0.2, 0.25) is 0 Å². The zero-order chi connectivity index (χ0) is 14.5. The molecule has 20 heavy (non-hydrogen) atoms. The van der Waals surface area contributed by atoms with Gasteiger partial charge in [-0.2, -0.15) is 0 Å². The number of hydrogen-bond acceptors (Lipinski definition) is 2. The SMILES string of the molecule is O=C(O)c1cccc(COCc2ccc(Cl)cc2Cl)c1. The lowest BCUT2D eigenvalue weighted by Gasteiger charge is -2.07. The van der Waals surface area contributed by atoms with Crippen LogP contribution in [0.3, 0.4) is 0 Å². The average Bonchev–Trinajstić information content (AvgIpc) is 2.41. The summed E-state index contributed by atoms with van der Waals surface area (Å²) in [7, 11) is 0. The van der Waals surface area contributed by atoms with Crippen LogP contribution < -0.4 is 0 Å². The number of halogens is 2. The summed E-state index contributed by atoms with van der Waals surface area (Å²) in [5, 5.41) is 10.0. The summed E-state index contributed by atoms with van der Waals surface area (Å²) in [4.78, 5) is 10.9. The normalized spacial score (nSPS) is 10.5. The van der Waals surface area contributed by atoms with Gasteiger partial charge >= 0.3 is 5.97 Å². The minimum Gasteiger partial charge on any atom is -0.478 e. The molecule has 5 heteroatoms. The van der Waals surface area contributed by atoms with Crippen LogP contribution in [-0.2, 0) is 18.0 Å².